The molecular formula is C13H20N4S. The van der Waals surface area contributed by atoms with E-state index in [9.17, 15) is 0 Å². The molecule has 98 valence electrons. The summed E-state index contributed by atoms with van der Waals surface area (Å²) < 4.78 is 0. The molecule has 0 aliphatic heterocycles. The van der Waals surface area contributed by atoms with Crippen molar-refractivity contribution in [3.63, 3.8) is 0 Å². The molecule has 2 aromatic heterocycles. The van der Waals surface area contributed by atoms with Crippen LogP contribution in [-0.4, -0.2) is 22.6 Å². The molecule has 0 saturated carbocycles. The van der Waals surface area contributed by atoms with Gasteiger partial charge in [-0.15, -0.1) is 11.3 Å². The molecule has 3 N–H and O–H groups in total. The van der Waals surface area contributed by atoms with E-state index in [0.29, 0.717) is 6.04 Å². The molecule has 2 heterocycles. The Kier molecular flexibility index (Phi) is 4.14. The van der Waals surface area contributed by atoms with Crippen LogP contribution in [0.1, 0.15) is 30.2 Å². The van der Waals surface area contributed by atoms with Gasteiger partial charge in [-0.2, -0.15) is 0 Å². The third kappa shape index (κ3) is 2.62. The third-order valence-electron chi connectivity index (χ3n) is 3.19. The Morgan fingerprint density at radius 1 is 1.39 bits per heavy atom. The van der Waals surface area contributed by atoms with Crippen LogP contribution in [0.25, 0.3) is 10.2 Å². The first kappa shape index (κ1) is 13.2. The monoisotopic (exact) mass is 264 g/mol. The van der Waals surface area contributed by atoms with Crippen LogP contribution in [0, 0.1) is 13.8 Å². The number of nitrogens with zero attached hydrogens (tertiary/aromatic N) is 2. The highest BCUT2D eigenvalue weighted by molar-refractivity contribution is 7.18. The molecule has 0 radical (unpaired) electrons. The van der Waals surface area contributed by atoms with Gasteiger partial charge in [-0.3, -0.25) is 0 Å². The maximum absolute atomic E-state index is 5.54. The maximum atomic E-state index is 5.54. The SMILES string of the molecule is Cc1sc2ncnc(NC(C)CCCN)c2c1C. The van der Waals surface area contributed by atoms with Crippen LogP contribution in [0.2, 0.25) is 0 Å². The second-order valence-electron chi connectivity index (χ2n) is 4.66. The van der Waals surface area contributed by atoms with Crippen molar-refractivity contribution in [2.24, 2.45) is 5.73 Å². The van der Waals surface area contributed by atoms with E-state index >= 15 is 0 Å². The Morgan fingerprint density at radius 3 is 2.89 bits per heavy atom. The van der Waals surface area contributed by atoms with Crippen molar-refractivity contribution >= 4 is 27.4 Å². The lowest BCUT2D eigenvalue weighted by atomic mass is 10.1. The van der Waals surface area contributed by atoms with Crippen LogP contribution in [0.15, 0.2) is 6.33 Å². The number of rotatable bonds is 5. The highest BCUT2D eigenvalue weighted by Gasteiger charge is 2.13. The number of hydrogen-bond donors (Lipinski definition) is 2. The zero-order valence-corrected chi connectivity index (χ0v) is 12.0. The van der Waals surface area contributed by atoms with Crippen molar-refractivity contribution < 1.29 is 0 Å². The molecule has 0 amide bonds. The molecule has 0 aliphatic rings. The number of anilines is 1. The van der Waals surface area contributed by atoms with Crippen molar-refractivity contribution in [2.75, 3.05) is 11.9 Å². The molecule has 0 fully saturated rings. The molecule has 0 bridgehead atoms. The summed E-state index contributed by atoms with van der Waals surface area (Å²) in [4.78, 5) is 11.1. The Bertz CT molecular complexity index is 535. The fourth-order valence-corrected chi connectivity index (χ4v) is 3.02. The molecule has 2 aromatic rings. The van der Waals surface area contributed by atoms with Crippen LogP contribution in [0.3, 0.4) is 0 Å². The Hall–Kier alpha value is -1.20. The maximum Gasteiger partial charge on any atom is 0.138 e. The van der Waals surface area contributed by atoms with Crippen molar-refractivity contribution in [3.05, 3.63) is 16.8 Å². The molecule has 4 nitrogen and oxygen atoms in total. The van der Waals surface area contributed by atoms with Crippen LogP contribution >= 0.6 is 11.3 Å². The molecule has 5 heteroatoms. The predicted molar refractivity (Wildman–Crippen MR) is 78.3 cm³/mol. The van der Waals surface area contributed by atoms with Crippen LogP contribution < -0.4 is 11.1 Å². The molecule has 0 spiro atoms. The van der Waals surface area contributed by atoms with Crippen molar-refractivity contribution in [2.45, 2.75) is 39.7 Å². The van der Waals surface area contributed by atoms with Gasteiger partial charge in [0.1, 0.15) is 17.0 Å². The highest BCUT2D eigenvalue weighted by Crippen LogP contribution is 2.32. The van der Waals surface area contributed by atoms with E-state index in [1.54, 1.807) is 17.7 Å². The quantitative estimate of drug-likeness (QED) is 0.871. The Morgan fingerprint density at radius 2 is 2.17 bits per heavy atom. The molecule has 2 rings (SSSR count). The van der Waals surface area contributed by atoms with Gasteiger partial charge in [0.25, 0.3) is 0 Å². The Balaban J connectivity index is 2.27. The van der Waals surface area contributed by atoms with Crippen molar-refractivity contribution in [3.8, 4) is 0 Å². The number of aryl methyl sites for hydroxylation is 2. The molecule has 0 aliphatic carbocycles. The zero-order valence-electron chi connectivity index (χ0n) is 11.2. The Labute approximate surface area is 112 Å². The summed E-state index contributed by atoms with van der Waals surface area (Å²) in [6.07, 6.45) is 3.73. The first-order chi connectivity index (χ1) is 8.63. The summed E-state index contributed by atoms with van der Waals surface area (Å²) in [6.45, 7) is 7.16. The van der Waals surface area contributed by atoms with E-state index in [4.69, 9.17) is 5.73 Å². The largest absolute Gasteiger partial charge is 0.367 e. The van der Waals surface area contributed by atoms with Gasteiger partial charge in [-0.05, 0) is 45.7 Å². The normalized spacial score (nSPS) is 12.9. The van der Waals surface area contributed by atoms with Gasteiger partial charge >= 0.3 is 0 Å². The molecule has 0 aromatic carbocycles. The fraction of sp³-hybridized carbons (Fsp3) is 0.538. The number of aromatic nitrogens is 2. The number of hydrogen-bond acceptors (Lipinski definition) is 5. The van der Waals surface area contributed by atoms with Crippen molar-refractivity contribution in [1.29, 1.82) is 0 Å². The smallest absolute Gasteiger partial charge is 0.138 e. The van der Waals surface area contributed by atoms with E-state index < -0.39 is 0 Å². The van der Waals surface area contributed by atoms with Crippen LogP contribution in [0.5, 0.6) is 0 Å². The number of nitrogens with two attached hydrogens (primary N) is 1. The van der Waals surface area contributed by atoms with E-state index in [-0.39, 0.29) is 0 Å². The fourth-order valence-electron chi connectivity index (χ4n) is 2.02. The predicted octanol–water partition coefficient (Wildman–Crippen LogP) is 2.85. The second-order valence-corrected chi connectivity index (χ2v) is 5.87. The lowest BCUT2D eigenvalue weighted by Crippen LogP contribution is -2.17. The average molecular weight is 264 g/mol. The minimum Gasteiger partial charge on any atom is -0.367 e. The minimum absolute atomic E-state index is 0.381. The summed E-state index contributed by atoms with van der Waals surface area (Å²) in [7, 11) is 0. The van der Waals surface area contributed by atoms with Gasteiger partial charge in [0.05, 0.1) is 5.39 Å². The van der Waals surface area contributed by atoms with E-state index in [1.165, 1.54) is 15.8 Å². The molecule has 1 unspecified atom stereocenters. The molecular weight excluding hydrogens is 244 g/mol. The van der Waals surface area contributed by atoms with Crippen LogP contribution in [-0.2, 0) is 0 Å². The third-order valence-corrected chi connectivity index (χ3v) is 4.30. The standard InChI is InChI=1S/C13H20N4S/c1-8(5-4-6-14)17-12-11-9(2)10(3)18-13(11)16-7-15-12/h7-8H,4-6,14H2,1-3H3,(H,15,16,17). The second kappa shape index (κ2) is 5.63. The first-order valence-corrected chi connectivity index (χ1v) is 7.12. The lowest BCUT2D eigenvalue weighted by Gasteiger charge is -2.14. The highest BCUT2D eigenvalue weighted by atomic mass is 32.1. The van der Waals surface area contributed by atoms with Gasteiger partial charge in [0, 0.05) is 10.9 Å². The van der Waals surface area contributed by atoms with Gasteiger partial charge in [-0.1, -0.05) is 0 Å². The summed E-state index contributed by atoms with van der Waals surface area (Å²) in [6, 6.07) is 0.381. The number of nitrogens with one attached hydrogen (secondary N) is 1. The zero-order chi connectivity index (χ0) is 13.1. The molecule has 1 atom stereocenters. The molecule has 18 heavy (non-hydrogen) atoms. The summed E-state index contributed by atoms with van der Waals surface area (Å²) >= 11 is 1.73. The van der Waals surface area contributed by atoms with Gasteiger partial charge in [0.15, 0.2) is 0 Å². The van der Waals surface area contributed by atoms with Crippen LogP contribution in [0.4, 0.5) is 5.82 Å². The van der Waals surface area contributed by atoms with Gasteiger partial charge < -0.3 is 11.1 Å². The summed E-state index contributed by atoms with van der Waals surface area (Å²) in [5, 5.41) is 4.64. The topological polar surface area (TPSA) is 63.8 Å². The van der Waals surface area contributed by atoms with E-state index in [1.807, 2.05) is 0 Å². The minimum atomic E-state index is 0.381. The summed E-state index contributed by atoms with van der Waals surface area (Å²) in [5.41, 5.74) is 6.82. The number of fused-ring (bicyclic) bond motifs is 1. The summed E-state index contributed by atoms with van der Waals surface area (Å²) in [5.74, 6) is 0.950. The lowest BCUT2D eigenvalue weighted by molar-refractivity contribution is 0.661. The van der Waals surface area contributed by atoms with E-state index in [2.05, 4.69) is 36.1 Å². The van der Waals surface area contributed by atoms with Gasteiger partial charge in [0.2, 0.25) is 0 Å². The van der Waals surface area contributed by atoms with E-state index in [0.717, 1.165) is 30.0 Å². The molecule has 0 saturated heterocycles. The van der Waals surface area contributed by atoms with Gasteiger partial charge in [-0.25, -0.2) is 9.97 Å². The van der Waals surface area contributed by atoms with Crippen molar-refractivity contribution in [1.82, 2.24) is 9.97 Å². The average Bonchev–Trinajstić information content (AvgIpc) is 2.64. The first-order valence-electron chi connectivity index (χ1n) is 6.30. The number of thiophene rings is 1.